The van der Waals surface area contributed by atoms with Gasteiger partial charge in [0.25, 0.3) is 5.91 Å². The summed E-state index contributed by atoms with van der Waals surface area (Å²) in [5.74, 6) is -0.298. The van der Waals surface area contributed by atoms with Crippen LogP contribution in [0.3, 0.4) is 0 Å². The summed E-state index contributed by atoms with van der Waals surface area (Å²) < 4.78 is 13.5. The van der Waals surface area contributed by atoms with Crippen molar-refractivity contribution < 1.29 is 14.1 Å². The zero-order chi connectivity index (χ0) is 15.2. The lowest BCUT2D eigenvalue weighted by atomic mass is 10.1. The van der Waals surface area contributed by atoms with Crippen molar-refractivity contribution >= 4 is 11.6 Å². The molecule has 2 rings (SSSR count). The summed E-state index contributed by atoms with van der Waals surface area (Å²) in [6.07, 6.45) is 6.22. The van der Waals surface area contributed by atoms with E-state index >= 15 is 0 Å². The lowest BCUT2D eigenvalue weighted by Gasteiger charge is -2.27. The van der Waals surface area contributed by atoms with E-state index in [0.29, 0.717) is 11.3 Å². The highest BCUT2D eigenvalue weighted by Gasteiger charge is 2.25. The van der Waals surface area contributed by atoms with Gasteiger partial charge in [0.15, 0.2) is 6.04 Å². The minimum atomic E-state index is -0.279. The second-order valence-corrected chi connectivity index (χ2v) is 6.10. The third-order valence-electron chi connectivity index (χ3n) is 4.44. The van der Waals surface area contributed by atoms with E-state index in [9.17, 15) is 9.18 Å². The molecule has 1 amide bonds. The van der Waals surface area contributed by atoms with Crippen molar-refractivity contribution in [1.29, 1.82) is 0 Å². The fourth-order valence-corrected chi connectivity index (χ4v) is 2.90. The van der Waals surface area contributed by atoms with Crippen LogP contribution in [0, 0.1) is 12.7 Å². The Balaban J connectivity index is 1.95. The van der Waals surface area contributed by atoms with Crippen LogP contribution in [0.2, 0.25) is 0 Å². The molecular weight excluding hydrogens is 267 g/mol. The molecule has 0 unspecified atom stereocenters. The lowest BCUT2D eigenvalue weighted by molar-refractivity contribution is -0.914. The number of halogens is 1. The van der Waals surface area contributed by atoms with Gasteiger partial charge in [0.2, 0.25) is 0 Å². The quantitative estimate of drug-likeness (QED) is 0.881. The molecule has 1 aliphatic heterocycles. The third kappa shape index (κ3) is 4.53. The molecule has 1 atom stereocenters. The molecule has 1 aliphatic rings. The number of nitrogens with one attached hydrogen (secondary N) is 2. The Morgan fingerprint density at radius 3 is 2.43 bits per heavy atom. The first-order valence-corrected chi connectivity index (χ1v) is 7.99. The Morgan fingerprint density at radius 2 is 1.81 bits per heavy atom. The highest BCUT2D eigenvalue weighted by atomic mass is 19.1. The molecule has 3 nitrogen and oxygen atoms in total. The van der Waals surface area contributed by atoms with Gasteiger partial charge in [-0.3, -0.25) is 4.79 Å². The van der Waals surface area contributed by atoms with Crippen molar-refractivity contribution in [3.63, 3.8) is 0 Å². The molecule has 0 bridgehead atoms. The first kappa shape index (κ1) is 16.0. The van der Waals surface area contributed by atoms with Crippen molar-refractivity contribution in [3.05, 3.63) is 29.6 Å². The number of hydrogen-bond acceptors (Lipinski definition) is 1. The van der Waals surface area contributed by atoms with Gasteiger partial charge in [-0.25, -0.2) is 4.39 Å². The van der Waals surface area contributed by atoms with Crippen molar-refractivity contribution in [2.24, 2.45) is 0 Å². The molecule has 1 saturated heterocycles. The smallest absolute Gasteiger partial charge is 0.282 e. The van der Waals surface area contributed by atoms with E-state index in [1.807, 2.05) is 6.92 Å². The van der Waals surface area contributed by atoms with Crippen LogP contribution in [-0.4, -0.2) is 25.0 Å². The van der Waals surface area contributed by atoms with Gasteiger partial charge < -0.3 is 10.2 Å². The van der Waals surface area contributed by atoms with Gasteiger partial charge in [-0.15, -0.1) is 0 Å². The van der Waals surface area contributed by atoms with Crippen molar-refractivity contribution in [3.8, 4) is 0 Å². The van der Waals surface area contributed by atoms with E-state index in [2.05, 4.69) is 5.32 Å². The third-order valence-corrected chi connectivity index (χ3v) is 4.44. The standard InChI is InChI=1S/C17H25FN2O/c1-13-8-9-15(12-16(13)18)19-17(21)14(2)20-10-6-4-3-5-7-11-20/h8-9,12,14H,3-7,10-11H2,1-2H3,(H,19,21)/p+1/t14-/m0/s1. The molecule has 1 heterocycles. The van der Waals surface area contributed by atoms with Crippen molar-refractivity contribution in [1.82, 2.24) is 0 Å². The Kier molecular flexibility index (Phi) is 5.74. The monoisotopic (exact) mass is 293 g/mol. The zero-order valence-corrected chi connectivity index (χ0v) is 13.0. The van der Waals surface area contributed by atoms with E-state index < -0.39 is 0 Å². The summed E-state index contributed by atoms with van der Waals surface area (Å²) in [7, 11) is 0. The first-order chi connectivity index (χ1) is 10.1. The molecule has 0 aromatic heterocycles. The summed E-state index contributed by atoms with van der Waals surface area (Å²) in [6.45, 7) is 5.79. The Bertz CT molecular complexity index is 482. The maximum atomic E-state index is 13.5. The molecular formula is C17H26FN2O+. The maximum Gasteiger partial charge on any atom is 0.282 e. The summed E-state index contributed by atoms with van der Waals surface area (Å²) in [4.78, 5) is 13.7. The number of likely N-dealkylation sites (tertiary alicyclic amines) is 1. The number of carbonyl (C=O) groups excluding carboxylic acids is 1. The maximum absolute atomic E-state index is 13.5. The number of rotatable bonds is 3. The number of carbonyl (C=O) groups is 1. The predicted molar refractivity (Wildman–Crippen MR) is 83.0 cm³/mol. The topological polar surface area (TPSA) is 33.5 Å². The molecule has 4 heteroatoms. The van der Waals surface area contributed by atoms with Gasteiger partial charge in [0, 0.05) is 5.69 Å². The zero-order valence-electron chi connectivity index (χ0n) is 13.0. The van der Waals surface area contributed by atoms with Gasteiger partial charge in [0.1, 0.15) is 5.82 Å². The Labute approximate surface area is 126 Å². The summed E-state index contributed by atoms with van der Waals surface area (Å²) in [5.41, 5.74) is 1.14. The van der Waals surface area contributed by atoms with Crippen LogP contribution >= 0.6 is 0 Å². The van der Waals surface area contributed by atoms with Crippen LogP contribution in [0.1, 0.15) is 44.6 Å². The highest BCUT2D eigenvalue weighted by Crippen LogP contribution is 2.13. The average molecular weight is 293 g/mol. The van der Waals surface area contributed by atoms with Crippen LogP contribution in [-0.2, 0) is 4.79 Å². The Morgan fingerprint density at radius 1 is 1.19 bits per heavy atom. The molecule has 21 heavy (non-hydrogen) atoms. The number of anilines is 1. The average Bonchev–Trinajstić information content (AvgIpc) is 2.42. The second-order valence-electron chi connectivity index (χ2n) is 6.10. The molecule has 0 spiro atoms. The number of quaternary nitrogens is 1. The molecule has 1 fully saturated rings. The summed E-state index contributed by atoms with van der Waals surface area (Å²) >= 11 is 0. The lowest BCUT2D eigenvalue weighted by Crippen LogP contribution is -3.16. The van der Waals surface area contributed by atoms with Gasteiger partial charge >= 0.3 is 0 Å². The molecule has 1 aromatic carbocycles. The van der Waals surface area contributed by atoms with E-state index in [0.717, 1.165) is 13.1 Å². The van der Waals surface area contributed by atoms with Crippen LogP contribution < -0.4 is 10.2 Å². The number of amides is 1. The van der Waals surface area contributed by atoms with E-state index in [1.54, 1.807) is 19.1 Å². The van der Waals surface area contributed by atoms with E-state index in [4.69, 9.17) is 0 Å². The van der Waals surface area contributed by atoms with Crippen LogP contribution in [0.4, 0.5) is 10.1 Å². The molecule has 0 radical (unpaired) electrons. The summed E-state index contributed by atoms with van der Waals surface area (Å²) in [6, 6.07) is 4.75. The van der Waals surface area contributed by atoms with Crippen molar-refractivity contribution in [2.45, 2.75) is 52.0 Å². The van der Waals surface area contributed by atoms with Gasteiger partial charge in [-0.1, -0.05) is 12.5 Å². The van der Waals surface area contributed by atoms with Crippen LogP contribution in [0.15, 0.2) is 18.2 Å². The largest absolute Gasteiger partial charge is 0.325 e. The first-order valence-electron chi connectivity index (χ1n) is 7.99. The molecule has 0 saturated carbocycles. The minimum absolute atomic E-state index is 0.0196. The predicted octanol–water partition coefficient (Wildman–Crippen LogP) is 2.31. The number of benzene rings is 1. The van der Waals surface area contributed by atoms with E-state index in [1.165, 1.54) is 43.1 Å². The van der Waals surface area contributed by atoms with Gasteiger partial charge in [-0.2, -0.15) is 0 Å². The second kappa shape index (κ2) is 7.55. The molecule has 0 aliphatic carbocycles. The highest BCUT2D eigenvalue weighted by molar-refractivity contribution is 5.93. The fraction of sp³-hybridized carbons (Fsp3) is 0.588. The van der Waals surface area contributed by atoms with Gasteiger partial charge in [-0.05, 0) is 57.2 Å². The molecule has 116 valence electrons. The summed E-state index contributed by atoms with van der Waals surface area (Å²) in [5, 5.41) is 2.84. The molecule has 2 N–H and O–H groups in total. The van der Waals surface area contributed by atoms with Crippen molar-refractivity contribution in [2.75, 3.05) is 18.4 Å². The van der Waals surface area contributed by atoms with Crippen LogP contribution in [0.5, 0.6) is 0 Å². The number of aryl methyl sites for hydroxylation is 1. The SMILES string of the molecule is Cc1ccc(NC(=O)[C@H](C)[NH+]2CCCCCCC2)cc1F. The fourth-order valence-electron chi connectivity index (χ4n) is 2.90. The number of hydrogen-bond donors (Lipinski definition) is 2. The normalized spacial score (nSPS) is 18.6. The minimum Gasteiger partial charge on any atom is -0.325 e. The molecule has 1 aromatic rings. The van der Waals surface area contributed by atoms with Gasteiger partial charge in [0.05, 0.1) is 13.1 Å². The van der Waals surface area contributed by atoms with E-state index in [-0.39, 0.29) is 17.8 Å². The Hall–Kier alpha value is -1.42. The van der Waals surface area contributed by atoms with Crippen LogP contribution in [0.25, 0.3) is 0 Å².